The van der Waals surface area contributed by atoms with Crippen LogP contribution in [-0.4, -0.2) is 36.5 Å². The van der Waals surface area contributed by atoms with Crippen LogP contribution >= 0.6 is 0 Å². The predicted molar refractivity (Wildman–Crippen MR) is 95.1 cm³/mol. The molecule has 128 valence electrons. The second-order valence-electron chi connectivity index (χ2n) is 6.66. The second-order valence-corrected chi connectivity index (χ2v) is 6.66. The summed E-state index contributed by atoms with van der Waals surface area (Å²) in [6, 6.07) is 10.3. The van der Waals surface area contributed by atoms with E-state index >= 15 is 0 Å². The number of unbranched alkanes of at least 4 members (excludes halogenated alkanes) is 1. The van der Waals surface area contributed by atoms with E-state index in [0.717, 1.165) is 37.5 Å². The first-order valence-electron chi connectivity index (χ1n) is 8.98. The van der Waals surface area contributed by atoms with E-state index in [4.69, 9.17) is 5.73 Å². The molecule has 0 radical (unpaired) electrons. The molecule has 4 nitrogen and oxygen atoms in total. The zero-order valence-corrected chi connectivity index (χ0v) is 14.3. The molecule has 0 aromatic heterocycles. The molecule has 1 aromatic rings. The van der Waals surface area contributed by atoms with Crippen LogP contribution in [0.2, 0.25) is 0 Å². The van der Waals surface area contributed by atoms with Crippen molar-refractivity contribution in [2.45, 2.75) is 57.5 Å². The third kappa shape index (κ3) is 6.32. The number of carbonyl (C=O) groups excluding carboxylic acids is 1. The quantitative estimate of drug-likeness (QED) is 0.725. The Kier molecular flexibility index (Phi) is 7.56. The van der Waals surface area contributed by atoms with Gasteiger partial charge in [-0.3, -0.25) is 4.79 Å². The number of hydrogen-bond donors (Lipinski definition) is 2. The van der Waals surface area contributed by atoms with Gasteiger partial charge in [-0.1, -0.05) is 36.8 Å². The molecule has 1 aliphatic rings. The highest BCUT2D eigenvalue weighted by atomic mass is 16.1. The largest absolute Gasteiger partial charge is 0.356 e. The van der Waals surface area contributed by atoms with Crippen molar-refractivity contribution < 1.29 is 4.79 Å². The van der Waals surface area contributed by atoms with Gasteiger partial charge >= 0.3 is 0 Å². The number of piperidine rings is 1. The van der Waals surface area contributed by atoms with Crippen LogP contribution in [0.3, 0.4) is 0 Å². The fourth-order valence-electron chi connectivity index (χ4n) is 3.25. The topological polar surface area (TPSA) is 58.4 Å². The van der Waals surface area contributed by atoms with Gasteiger partial charge in [-0.2, -0.15) is 0 Å². The molecule has 1 heterocycles. The maximum atomic E-state index is 11.9. The molecule has 1 amide bonds. The third-order valence-corrected chi connectivity index (χ3v) is 4.77. The lowest BCUT2D eigenvalue weighted by molar-refractivity contribution is -0.121. The van der Waals surface area contributed by atoms with Crippen LogP contribution in [0, 0.1) is 0 Å². The van der Waals surface area contributed by atoms with Gasteiger partial charge in [0.05, 0.1) is 0 Å². The van der Waals surface area contributed by atoms with E-state index in [2.05, 4.69) is 17.1 Å². The van der Waals surface area contributed by atoms with Crippen LogP contribution in [0.1, 0.15) is 57.1 Å². The first-order chi connectivity index (χ1) is 11.2. The van der Waals surface area contributed by atoms with Crippen LogP contribution in [0.25, 0.3) is 0 Å². The Morgan fingerprint density at radius 1 is 1.30 bits per heavy atom. The van der Waals surface area contributed by atoms with Crippen LogP contribution in [-0.2, 0) is 4.79 Å². The SMILES string of the molecule is CC1CCCCN1CCCCNC(=O)CC(N)c1ccccc1. The molecule has 1 aromatic carbocycles. The van der Waals surface area contributed by atoms with Crippen molar-refractivity contribution in [3.63, 3.8) is 0 Å². The van der Waals surface area contributed by atoms with E-state index in [1.807, 2.05) is 30.3 Å². The molecule has 2 atom stereocenters. The van der Waals surface area contributed by atoms with Crippen molar-refractivity contribution in [2.75, 3.05) is 19.6 Å². The maximum Gasteiger partial charge on any atom is 0.221 e. The predicted octanol–water partition coefficient (Wildman–Crippen LogP) is 2.85. The highest BCUT2D eigenvalue weighted by Crippen LogP contribution is 2.16. The van der Waals surface area contributed by atoms with Gasteiger partial charge in [-0.05, 0) is 51.3 Å². The molecular weight excluding hydrogens is 286 g/mol. The van der Waals surface area contributed by atoms with Crippen LogP contribution in [0.4, 0.5) is 0 Å². The van der Waals surface area contributed by atoms with E-state index in [9.17, 15) is 4.79 Å². The molecule has 0 bridgehead atoms. The lowest BCUT2D eigenvalue weighted by atomic mass is 10.0. The summed E-state index contributed by atoms with van der Waals surface area (Å²) in [5.74, 6) is 0.0488. The Morgan fingerprint density at radius 2 is 2.09 bits per heavy atom. The number of nitrogens with two attached hydrogens (primary N) is 1. The molecular formula is C19H31N3O. The van der Waals surface area contributed by atoms with Crippen molar-refractivity contribution in [2.24, 2.45) is 5.73 Å². The van der Waals surface area contributed by atoms with E-state index in [1.165, 1.54) is 25.8 Å². The van der Waals surface area contributed by atoms with Crippen molar-refractivity contribution in [3.05, 3.63) is 35.9 Å². The molecule has 2 unspecified atom stereocenters. The number of carbonyl (C=O) groups is 1. The summed E-state index contributed by atoms with van der Waals surface area (Å²) >= 11 is 0. The van der Waals surface area contributed by atoms with Crippen molar-refractivity contribution in [3.8, 4) is 0 Å². The van der Waals surface area contributed by atoms with Gasteiger partial charge in [0, 0.05) is 25.0 Å². The van der Waals surface area contributed by atoms with Crippen LogP contribution in [0.5, 0.6) is 0 Å². The lowest BCUT2D eigenvalue weighted by Gasteiger charge is -2.33. The summed E-state index contributed by atoms with van der Waals surface area (Å²) in [6.45, 7) is 5.47. The van der Waals surface area contributed by atoms with Crippen molar-refractivity contribution >= 4 is 5.91 Å². The minimum atomic E-state index is -0.217. The zero-order valence-electron chi connectivity index (χ0n) is 14.3. The molecule has 0 aliphatic carbocycles. The standard InChI is InChI=1S/C19H31N3O/c1-16-9-5-7-13-22(16)14-8-6-12-21-19(23)15-18(20)17-10-3-2-4-11-17/h2-4,10-11,16,18H,5-9,12-15,20H2,1H3,(H,21,23). The number of hydrogen-bond acceptors (Lipinski definition) is 3. The Hall–Kier alpha value is -1.39. The highest BCUT2D eigenvalue weighted by molar-refractivity contribution is 5.76. The number of rotatable bonds is 8. The molecule has 1 fully saturated rings. The third-order valence-electron chi connectivity index (χ3n) is 4.77. The average Bonchev–Trinajstić information content (AvgIpc) is 2.57. The van der Waals surface area contributed by atoms with Crippen LogP contribution < -0.4 is 11.1 Å². The fourth-order valence-corrected chi connectivity index (χ4v) is 3.25. The first-order valence-corrected chi connectivity index (χ1v) is 8.98. The highest BCUT2D eigenvalue weighted by Gasteiger charge is 2.17. The monoisotopic (exact) mass is 317 g/mol. The number of amides is 1. The number of likely N-dealkylation sites (tertiary alicyclic amines) is 1. The molecule has 4 heteroatoms. The van der Waals surface area contributed by atoms with Crippen molar-refractivity contribution in [1.82, 2.24) is 10.2 Å². The van der Waals surface area contributed by atoms with E-state index in [-0.39, 0.29) is 11.9 Å². The summed E-state index contributed by atoms with van der Waals surface area (Å²) in [5.41, 5.74) is 7.09. The molecule has 1 aliphatic heterocycles. The normalized spacial score (nSPS) is 20.2. The van der Waals surface area contributed by atoms with E-state index in [0.29, 0.717) is 6.42 Å². The summed E-state index contributed by atoms with van der Waals surface area (Å²) in [7, 11) is 0. The van der Waals surface area contributed by atoms with E-state index in [1.54, 1.807) is 0 Å². The maximum absolute atomic E-state index is 11.9. The van der Waals surface area contributed by atoms with Gasteiger partial charge in [0.25, 0.3) is 0 Å². The van der Waals surface area contributed by atoms with Gasteiger partial charge in [0.2, 0.25) is 5.91 Å². The molecule has 3 N–H and O–H groups in total. The number of nitrogens with one attached hydrogen (secondary N) is 1. The first kappa shape index (κ1) is 18.0. The smallest absolute Gasteiger partial charge is 0.221 e. The summed E-state index contributed by atoms with van der Waals surface area (Å²) < 4.78 is 0. The molecule has 23 heavy (non-hydrogen) atoms. The minimum Gasteiger partial charge on any atom is -0.356 e. The van der Waals surface area contributed by atoms with Gasteiger partial charge in [0.1, 0.15) is 0 Å². The number of nitrogens with zero attached hydrogens (tertiary/aromatic N) is 1. The van der Waals surface area contributed by atoms with Crippen molar-refractivity contribution in [1.29, 1.82) is 0 Å². The van der Waals surface area contributed by atoms with E-state index < -0.39 is 0 Å². The number of benzene rings is 1. The van der Waals surface area contributed by atoms with Gasteiger partial charge in [-0.25, -0.2) is 0 Å². The van der Waals surface area contributed by atoms with Gasteiger partial charge in [-0.15, -0.1) is 0 Å². The summed E-state index contributed by atoms with van der Waals surface area (Å²) in [5, 5.41) is 2.99. The minimum absolute atomic E-state index is 0.0488. The van der Waals surface area contributed by atoms with Gasteiger partial charge < -0.3 is 16.0 Å². The molecule has 1 saturated heterocycles. The van der Waals surface area contributed by atoms with Crippen LogP contribution in [0.15, 0.2) is 30.3 Å². The lowest BCUT2D eigenvalue weighted by Crippen LogP contribution is -2.38. The zero-order chi connectivity index (χ0) is 16.5. The fraction of sp³-hybridized carbons (Fsp3) is 0.632. The molecule has 2 rings (SSSR count). The Balaban J connectivity index is 1.56. The van der Waals surface area contributed by atoms with Gasteiger partial charge in [0.15, 0.2) is 0 Å². The Bertz CT molecular complexity index is 463. The molecule has 0 spiro atoms. The Morgan fingerprint density at radius 3 is 2.83 bits per heavy atom. The molecule has 0 saturated carbocycles. The average molecular weight is 317 g/mol. The Labute approximate surface area is 140 Å². The summed E-state index contributed by atoms with van der Waals surface area (Å²) in [4.78, 5) is 14.5. The summed E-state index contributed by atoms with van der Waals surface area (Å²) in [6.07, 6.45) is 6.57. The second kappa shape index (κ2) is 9.68.